The lowest BCUT2D eigenvalue weighted by molar-refractivity contribution is -0.141. The van der Waals surface area contributed by atoms with Crippen LogP contribution in [0.15, 0.2) is 66.7 Å². The van der Waals surface area contributed by atoms with E-state index in [1.165, 1.54) is 4.90 Å². The second-order valence-corrected chi connectivity index (χ2v) is 11.3. The number of aliphatic hydroxyl groups is 1. The lowest BCUT2D eigenvalue weighted by Crippen LogP contribution is -2.53. The van der Waals surface area contributed by atoms with Crippen LogP contribution in [0.1, 0.15) is 58.2 Å². The second-order valence-electron chi connectivity index (χ2n) is 11.3. The fourth-order valence-corrected chi connectivity index (χ4v) is 4.61. The zero-order valence-corrected chi connectivity index (χ0v) is 24.3. The van der Waals surface area contributed by atoms with Crippen molar-refractivity contribution in [3.63, 3.8) is 0 Å². The predicted molar refractivity (Wildman–Crippen MR) is 161 cm³/mol. The Bertz CT molecular complexity index is 1420. The topological polar surface area (TPSA) is 108 Å². The molecule has 0 saturated carbocycles. The first-order valence-electron chi connectivity index (χ1n) is 13.7. The van der Waals surface area contributed by atoms with Gasteiger partial charge in [0.15, 0.2) is 0 Å². The van der Waals surface area contributed by atoms with Gasteiger partial charge in [-0.1, -0.05) is 68.3 Å². The highest BCUT2D eigenvalue weighted by Crippen LogP contribution is 2.28. The van der Waals surface area contributed by atoms with Gasteiger partial charge in [-0.3, -0.25) is 9.59 Å². The van der Waals surface area contributed by atoms with Gasteiger partial charge in [0.1, 0.15) is 17.7 Å². The van der Waals surface area contributed by atoms with Crippen LogP contribution in [-0.4, -0.2) is 52.7 Å². The number of anilines is 1. The fraction of sp³-hybridized carbons (Fsp3) is 0.364. The molecule has 0 aromatic heterocycles. The molecule has 0 fully saturated rings. The minimum Gasteiger partial charge on any atom is -0.444 e. The van der Waals surface area contributed by atoms with Crippen LogP contribution < -0.4 is 10.6 Å². The second kappa shape index (κ2) is 13.8. The van der Waals surface area contributed by atoms with E-state index < -0.39 is 42.2 Å². The van der Waals surface area contributed by atoms with Crippen LogP contribution >= 0.6 is 0 Å². The van der Waals surface area contributed by atoms with Gasteiger partial charge in [-0.2, -0.15) is 0 Å². The number of rotatable bonds is 10. The summed E-state index contributed by atoms with van der Waals surface area (Å²) in [6.45, 7) is 8.45. The summed E-state index contributed by atoms with van der Waals surface area (Å²) in [5.74, 6) is 1.58. The number of amides is 3. The Morgan fingerprint density at radius 2 is 1.66 bits per heavy atom. The summed E-state index contributed by atoms with van der Waals surface area (Å²) in [6.07, 6.45) is 5.33. The summed E-state index contributed by atoms with van der Waals surface area (Å²) < 4.78 is 5.41. The first-order valence-corrected chi connectivity index (χ1v) is 13.7. The smallest absolute Gasteiger partial charge is 0.408 e. The van der Waals surface area contributed by atoms with E-state index >= 15 is 0 Å². The van der Waals surface area contributed by atoms with Gasteiger partial charge >= 0.3 is 6.09 Å². The Balaban J connectivity index is 2.05. The van der Waals surface area contributed by atoms with Gasteiger partial charge in [0, 0.05) is 17.8 Å². The van der Waals surface area contributed by atoms with E-state index in [1.54, 1.807) is 51.1 Å². The highest BCUT2D eigenvalue weighted by molar-refractivity contribution is 6.00. The van der Waals surface area contributed by atoms with Gasteiger partial charge in [-0.25, -0.2) is 4.79 Å². The van der Waals surface area contributed by atoms with Crippen LogP contribution in [0.2, 0.25) is 0 Å². The molecule has 41 heavy (non-hydrogen) atoms. The minimum atomic E-state index is -1.19. The number of carbonyl (C=O) groups excluding carboxylic acids is 3. The zero-order chi connectivity index (χ0) is 30.2. The number of nitrogens with zero attached hydrogens (tertiary/aromatic N) is 1. The molecule has 0 aliphatic rings. The van der Waals surface area contributed by atoms with Crippen LogP contribution in [0.25, 0.3) is 10.8 Å². The third-order valence-corrected chi connectivity index (χ3v) is 6.31. The number of fused-ring (bicyclic) bond motifs is 1. The van der Waals surface area contributed by atoms with Crippen LogP contribution in [0, 0.1) is 18.3 Å². The maximum absolute atomic E-state index is 14.1. The highest BCUT2D eigenvalue weighted by atomic mass is 16.6. The molecule has 0 heterocycles. The first kappa shape index (κ1) is 31.2. The van der Waals surface area contributed by atoms with Gasteiger partial charge < -0.3 is 25.4 Å². The summed E-state index contributed by atoms with van der Waals surface area (Å²) in [7, 11) is 0. The van der Waals surface area contributed by atoms with E-state index in [1.807, 2.05) is 50.2 Å². The summed E-state index contributed by atoms with van der Waals surface area (Å²) in [6, 6.07) is 18.0. The van der Waals surface area contributed by atoms with Crippen molar-refractivity contribution in [1.29, 1.82) is 0 Å². The molecular formula is C33H39N3O5. The van der Waals surface area contributed by atoms with E-state index in [9.17, 15) is 19.5 Å². The summed E-state index contributed by atoms with van der Waals surface area (Å²) >= 11 is 0. The van der Waals surface area contributed by atoms with Crippen LogP contribution in [-0.2, 0) is 14.3 Å². The zero-order valence-electron chi connectivity index (χ0n) is 24.3. The van der Waals surface area contributed by atoms with Crippen molar-refractivity contribution < 1.29 is 24.2 Å². The largest absolute Gasteiger partial charge is 0.444 e. The quantitative estimate of drug-likeness (QED) is 0.295. The molecule has 8 heteroatoms. The third kappa shape index (κ3) is 8.57. The van der Waals surface area contributed by atoms with E-state index in [0.29, 0.717) is 16.8 Å². The van der Waals surface area contributed by atoms with Crippen molar-refractivity contribution in [2.75, 3.05) is 18.5 Å². The molecular weight excluding hydrogens is 518 g/mol. The van der Waals surface area contributed by atoms with Crippen molar-refractivity contribution in [2.45, 2.75) is 58.7 Å². The van der Waals surface area contributed by atoms with E-state index in [4.69, 9.17) is 11.2 Å². The maximum Gasteiger partial charge on any atom is 0.408 e. The third-order valence-electron chi connectivity index (χ3n) is 6.31. The number of nitrogens with one attached hydrogen (secondary N) is 2. The van der Waals surface area contributed by atoms with Gasteiger partial charge in [-0.05, 0) is 67.6 Å². The van der Waals surface area contributed by atoms with E-state index in [2.05, 4.69) is 16.6 Å². The molecule has 3 aromatic rings. The van der Waals surface area contributed by atoms with Crippen molar-refractivity contribution in [3.8, 4) is 12.3 Å². The Hall–Kier alpha value is -4.35. The molecule has 3 rings (SSSR count). The van der Waals surface area contributed by atoms with Gasteiger partial charge in [0.25, 0.3) is 5.91 Å². The predicted octanol–water partition coefficient (Wildman–Crippen LogP) is 5.26. The number of aliphatic hydroxyl groups excluding tert-OH is 1. The van der Waals surface area contributed by atoms with Gasteiger partial charge in [0.2, 0.25) is 5.91 Å². The van der Waals surface area contributed by atoms with Gasteiger partial charge in [0.05, 0.1) is 6.61 Å². The molecule has 2 atom stereocenters. The lowest BCUT2D eigenvalue weighted by Gasteiger charge is -2.35. The molecule has 0 aliphatic carbocycles. The number of benzene rings is 3. The van der Waals surface area contributed by atoms with Crippen molar-refractivity contribution in [1.82, 2.24) is 10.2 Å². The van der Waals surface area contributed by atoms with E-state index in [0.717, 1.165) is 10.8 Å². The lowest BCUT2D eigenvalue weighted by atomic mass is 9.96. The maximum atomic E-state index is 14.1. The number of hydrogen-bond acceptors (Lipinski definition) is 5. The van der Waals surface area contributed by atoms with Crippen LogP contribution in [0.3, 0.4) is 0 Å². The normalized spacial score (nSPS) is 12.7. The Labute approximate surface area is 242 Å². The molecule has 0 aliphatic heterocycles. The SMILES string of the molecule is C#Cc1ccccc1C(C(=O)Nc1ccc2ccccc2c1)N(CCO)C(=O)C(CC(C)C)NC(=O)OC(C)(C)C. The Morgan fingerprint density at radius 1 is 1.00 bits per heavy atom. The molecule has 0 bridgehead atoms. The van der Waals surface area contributed by atoms with Crippen LogP contribution in [0.5, 0.6) is 0 Å². The number of hydrogen-bond donors (Lipinski definition) is 3. The molecule has 0 spiro atoms. The highest BCUT2D eigenvalue weighted by Gasteiger charge is 2.37. The summed E-state index contributed by atoms with van der Waals surface area (Å²) in [5.41, 5.74) is 0.630. The molecule has 0 radical (unpaired) electrons. The number of alkyl carbamates (subject to hydrolysis) is 1. The van der Waals surface area contributed by atoms with Gasteiger partial charge in [-0.15, -0.1) is 6.42 Å². The Kier molecular flexibility index (Phi) is 10.5. The monoisotopic (exact) mass is 557 g/mol. The standard InChI is InChI=1S/C33H39N3O5/c1-7-23-12-10-11-15-27(23)29(30(38)34-26-17-16-24-13-8-9-14-25(24)21-26)36(18-19-37)31(39)28(20-22(2)3)35-32(40)41-33(4,5)6/h1,8-17,21-22,28-29,37H,18-20H2,2-6H3,(H,34,38)(H,35,40). The first-order chi connectivity index (χ1) is 19.4. The minimum absolute atomic E-state index is 0.0257. The average molecular weight is 558 g/mol. The molecule has 0 saturated heterocycles. The van der Waals surface area contributed by atoms with Crippen molar-refractivity contribution >= 4 is 34.4 Å². The molecule has 3 aromatic carbocycles. The Morgan fingerprint density at radius 3 is 2.29 bits per heavy atom. The molecule has 3 amide bonds. The summed E-state index contributed by atoms with van der Waals surface area (Å²) in [5, 5.41) is 17.6. The molecule has 2 unspecified atom stereocenters. The van der Waals surface area contributed by atoms with Crippen LogP contribution in [0.4, 0.5) is 10.5 Å². The van der Waals surface area contributed by atoms with Crippen molar-refractivity contribution in [3.05, 3.63) is 77.9 Å². The molecule has 216 valence electrons. The van der Waals surface area contributed by atoms with E-state index in [-0.39, 0.29) is 18.9 Å². The number of ether oxygens (including phenoxy) is 1. The molecule has 3 N–H and O–H groups in total. The fourth-order valence-electron chi connectivity index (χ4n) is 4.61. The number of carbonyl (C=O) groups is 3. The van der Waals surface area contributed by atoms with Crippen molar-refractivity contribution in [2.24, 2.45) is 5.92 Å². The average Bonchev–Trinajstić information content (AvgIpc) is 2.91. The number of terminal acetylenes is 1. The summed E-state index contributed by atoms with van der Waals surface area (Å²) in [4.78, 5) is 42.1. The molecule has 8 nitrogen and oxygen atoms in total.